The fourth-order valence-corrected chi connectivity index (χ4v) is 2.51. The van der Waals surface area contributed by atoms with Crippen molar-refractivity contribution in [1.82, 2.24) is 0 Å². The van der Waals surface area contributed by atoms with Gasteiger partial charge in [0.1, 0.15) is 0 Å². The van der Waals surface area contributed by atoms with Gasteiger partial charge in [0.2, 0.25) is 0 Å². The van der Waals surface area contributed by atoms with Crippen LogP contribution in [0.15, 0.2) is 24.3 Å². The average molecular weight is 338 g/mol. The lowest BCUT2D eigenvalue weighted by atomic mass is 9.79. The van der Waals surface area contributed by atoms with Crippen molar-refractivity contribution in [3.63, 3.8) is 0 Å². The molecule has 8 heteroatoms. The lowest BCUT2D eigenvalue weighted by Gasteiger charge is -2.24. The first-order chi connectivity index (χ1) is 11.2. The monoisotopic (exact) mass is 338 g/mol. The summed E-state index contributed by atoms with van der Waals surface area (Å²) < 4.78 is 0. The first kappa shape index (κ1) is 19.1. The summed E-state index contributed by atoms with van der Waals surface area (Å²) in [6, 6.07) is 5.20. The van der Waals surface area contributed by atoms with Crippen molar-refractivity contribution in [1.29, 1.82) is 0 Å². The molecule has 2 atom stereocenters. The summed E-state index contributed by atoms with van der Waals surface area (Å²) in [7, 11) is 0. The van der Waals surface area contributed by atoms with E-state index in [9.17, 15) is 19.2 Å². The molecule has 24 heavy (non-hydrogen) atoms. The molecule has 2 rings (SSSR count). The summed E-state index contributed by atoms with van der Waals surface area (Å²) in [6.45, 7) is 0. The van der Waals surface area contributed by atoms with Crippen molar-refractivity contribution in [3.8, 4) is 0 Å². The molecule has 1 aromatic carbocycles. The molecule has 0 amide bonds. The van der Waals surface area contributed by atoms with E-state index in [-0.39, 0.29) is 11.1 Å². The van der Waals surface area contributed by atoms with E-state index in [2.05, 4.69) is 0 Å². The van der Waals surface area contributed by atoms with E-state index in [0.29, 0.717) is 12.8 Å². The molecule has 8 nitrogen and oxygen atoms in total. The number of hydrogen-bond donors (Lipinski definition) is 4. The highest BCUT2D eigenvalue weighted by atomic mass is 16.4. The summed E-state index contributed by atoms with van der Waals surface area (Å²) in [5.41, 5.74) is -0.0372. The normalized spacial score (nSPS) is 19.5. The molecule has 0 aromatic heterocycles. The van der Waals surface area contributed by atoms with Crippen molar-refractivity contribution in [3.05, 3.63) is 35.4 Å². The van der Waals surface area contributed by atoms with E-state index < -0.39 is 35.7 Å². The van der Waals surface area contributed by atoms with Crippen LogP contribution >= 0.6 is 0 Å². The molecule has 0 spiro atoms. The standard InChI is InChI=1S/C8H6O4.C8H12O4/c9-7(10)5-2-1-3-6(4-5)8(11)12;9-7(10)5-3-1-2-4-6(5)8(11)12/h1-4H,(H,9,10)(H,11,12);5-6H,1-4H2,(H,9,10)(H,11,12). The molecule has 1 saturated carbocycles. The molecule has 1 aliphatic rings. The molecule has 1 aromatic rings. The Morgan fingerprint density at radius 2 is 1.12 bits per heavy atom. The van der Waals surface area contributed by atoms with Gasteiger partial charge in [0.05, 0.1) is 23.0 Å². The zero-order valence-electron chi connectivity index (χ0n) is 12.7. The fourth-order valence-electron chi connectivity index (χ4n) is 2.51. The van der Waals surface area contributed by atoms with Crippen LogP contribution in [0.2, 0.25) is 0 Å². The lowest BCUT2D eigenvalue weighted by molar-refractivity contribution is -0.155. The highest BCUT2D eigenvalue weighted by molar-refractivity contribution is 5.93. The lowest BCUT2D eigenvalue weighted by Crippen LogP contribution is -2.32. The van der Waals surface area contributed by atoms with Crippen LogP contribution < -0.4 is 0 Å². The van der Waals surface area contributed by atoms with Gasteiger partial charge in [-0.1, -0.05) is 18.9 Å². The predicted octanol–water partition coefficient (Wildman–Crippen LogP) is 2.05. The summed E-state index contributed by atoms with van der Waals surface area (Å²) in [4.78, 5) is 42.0. The van der Waals surface area contributed by atoms with Gasteiger partial charge in [0.15, 0.2) is 0 Å². The Labute approximate surface area is 137 Å². The average Bonchev–Trinajstić information content (AvgIpc) is 2.55. The SMILES string of the molecule is O=C(O)C1CCCCC1C(=O)O.O=C(O)c1cccc(C(=O)O)c1. The van der Waals surface area contributed by atoms with Crippen LogP contribution in [0.1, 0.15) is 46.4 Å². The van der Waals surface area contributed by atoms with Crippen molar-refractivity contribution in [2.45, 2.75) is 25.7 Å². The van der Waals surface area contributed by atoms with Gasteiger partial charge < -0.3 is 20.4 Å². The smallest absolute Gasteiger partial charge is 0.335 e. The van der Waals surface area contributed by atoms with E-state index >= 15 is 0 Å². The number of carbonyl (C=O) groups is 4. The van der Waals surface area contributed by atoms with Crippen molar-refractivity contribution in [2.24, 2.45) is 11.8 Å². The van der Waals surface area contributed by atoms with E-state index in [1.54, 1.807) is 0 Å². The van der Waals surface area contributed by atoms with Gasteiger partial charge >= 0.3 is 23.9 Å². The zero-order chi connectivity index (χ0) is 18.3. The quantitative estimate of drug-likeness (QED) is 0.651. The molecule has 130 valence electrons. The summed E-state index contributed by atoms with van der Waals surface area (Å²) >= 11 is 0. The Balaban J connectivity index is 0.000000240. The predicted molar refractivity (Wildman–Crippen MR) is 81.1 cm³/mol. The zero-order valence-corrected chi connectivity index (χ0v) is 12.7. The molecule has 0 aliphatic heterocycles. The van der Waals surface area contributed by atoms with Gasteiger partial charge in [-0.25, -0.2) is 9.59 Å². The fraction of sp³-hybridized carbons (Fsp3) is 0.375. The van der Waals surface area contributed by atoms with Gasteiger partial charge in [-0.3, -0.25) is 9.59 Å². The van der Waals surface area contributed by atoms with Gasteiger partial charge in [-0.15, -0.1) is 0 Å². The number of aromatic carboxylic acids is 2. The molecule has 0 saturated heterocycles. The van der Waals surface area contributed by atoms with Gasteiger partial charge in [0.25, 0.3) is 0 Å². The minimum Gasteiger partial charge on any atom is -0.481 e. The van der Waals surface area contributed by atoms with Gasteiger partial charge in [0, 0.05) is 0 Å². The maximum Gasteiger partial charge on any atom is 0.335 e. The number of rotatable bonds is 4. The van der Waals surface area contributed by atoms with E-state index in [1.807, 2.05) is 0 Å². The molecule has 1 aliphatic carbocycles. The Bertz CT molecular complexity index is 585. The summed E-state index contributed by atoms with van der Waals surface area (Å²) in [5, 5.41) is 34.4. The summed E-state index contributed by atoms with van der Waals surface area (Å²) in [6.07, 6.45) is 2.68. The minimum absolute atomic E-state index is 0.0186. The molecular formula is C16H18O8. The van der Waals surface area contributed by atoms with Crippen LogP contribution in [0, 0.1) is 11.8 Å². The van der Waals surface area contributed by atoms with Gasteiger partial charge in [-0.2, -0.15) is 0 Å². The second-order valence-electron chi connectivity index (χ2n) is 5.37. The number of benzene rings is 1. The van der Waals surface area contributed by atoms with Crippen LogP contribution in [-0.2, 0) is 9.59 Å². The topological polar surface area (TPSA) is 149 Å². The maximum atomic E-state index is 10.6. The Morgan fingerprint density at radius 1 is 0.750 bits per heavy atom. The van der Waals surface area contributed by atoms with E-state index in [1.165, 1.54) is 18.2 Å². The van der Waals surface area contributed by atoms with Crippen molar-refractivity contribution in [2.75, 3.05) is 0 Å². The molecule has 0 bridgehead atoms. The van der Waals surface area contributed by atoms with Crippen molar-refractivity contribution < 1.29 is 39.6 Å². The largest absolute Gasteiger partial charge is 0.481 e. The Morgan fingerprint density at radius 3 is 1.42 bits per heavy atom. The first-order valence-electron chi connectivity index (χ1n) is 7.26. The van der Waals surface area contributed by atoms with Crippen LogP contribution in [0.3, 0.4) is 0 Å². The third kappa shape index (κ3) is 5.38. The molecule has 1 fully saturated rings. The summed E-state index contributed by atoms with van der Waals surface area (Å²) in [5.74, 6) is -5.53. The van der Waals surface area contributed by atoms with Gasteiger partial charge in [-0.05, 0) is 31.0 Å². The third-order valence-electron chi connectivity index (χ3n) is 3.76. The van der Waals surface area contributed by atoms with Crippen LogP contribution in [0.25, 0.3) is 0 Å². The maximum absolute atomic E-state index is 10.6. The van der Waals surface area contributed by atoms with Crippen LogP contribution in [0.5, 0.6) is 0 Å². The molecule has 2 unspecified atom stereocenters. The third-order valence-corrected chi connectivity index (χ3v) is 3.76. The number of aliphatic carboxylic acids is 2. The Kier molecular flexibility index (Phi) is 6.91. The molecule has 0 heterocycles. The molecule has 0 radical (unpaired) electrons. The molecular weight excluding hydrogens is 320 g/mol. The molecule has 4 N–H and O–H groups in total. The second kappa shape index (κ2) is 8.66. The van der Waals surface area contributed by atoms with E-state index in [0.717, 1.165) is 18.9 Å². The minimum atomic E-state index is -1.13. The first-order valence-corrected chi connectivity index (χ1v) is 7.26. The van der Waals surface area contributed by atoms with E-state index in [4.69, 9.17) is 20.4 Å². The highest BCUT2D eigenvalue weighted by Crippen LogP contribution is 2.30. The Hall–Kier alpha value is -2.90. The van der Waals surface area contributed by atoms with Crippen LogP contribution in [-0.4, -0.2) is 44.3 Å². The van der Waals surface area contributed by atoms with Crippen molar-refractivity contribution >= 4 is 23.9 Å². The highest BCUT2D eigenvalue weighted by Gasteiger charge is 2.35. The second-order valence-corrected chi connectivity index (χ2v) is 5.37. The number of carboxylic acid groups (broad SMARTS) is 4. The number of hydrogen-bond acceptors (Lipinski definition) is 4. The number of carboxylic acids is 4. The van der Waals surface area contributed by atoms with Crippen LogP contribution in [0.4, 0.5) is 0 Å².